The molecule has 1 aromatic rings. The van der Waals surface area contributed by atoms with Crippen LogP contribution in [0.4, 0.5) is 5.69 Å². The number of thioether (sulfide) groups is 1. The molecule has 0 spiro atoms. The number of carbonyl (C=O) groups excluding carboxylic acids is 1. The summed E-state index contributed by atoms with van der Waals surface area (Å²) >= 11 is 1.17. The van der Waals surface area contributed by atoms with E-state index in [2.05, 4.69) is 5.32 Å². The zero-order valence-electron chi connectivity index (χ0n) is 8.97. The topological polar surface area (TPSA) is 96.0 Å². The number of hydrogen-bond acceptors (Lipinski definition) is 5. The summed E-state index contributed by atoms with van der Waals surface area (Å²) in [6, 6.07) is 5.87. The monoisotopic (exact) mass is 251 g/mol. The number of nitro groups is 1. The number of carbonyl (C=O) groups is 1. The van der Waals surface area contributed by atoms with Crippen LogP contribution in [0.1, 0.15) is 5.56 Å². The van der Waals surface area contributed by atoms with Gasteiger partial charge in [0.1, 0.15) is 6.07 Å². The first-order chi connectivity index (χ1) is 8.08. The van der Waals surface area contributed by atoms with Crippen molar-refractivity contribution in [3.8, 4) is 6.07 Å². The van der Waals surface area contributed by atoms with Gasteiger partial charge in [-0.15, -0.1) is 11.8 Å². The minimum Gasteiger partial charge on any atom is -0.358 e. The number of rotatable bonds is 4. The Labute approximate surface area is 102 Å². The Morgan fingerprint density at radius 1 is 1.65 bits per heavy atom. The Morgan fingerprint density at radius 2 is 2.35 bits per heavy atom. The fourth-order valence-electron chi connectivity index (χ4n) is 1.06. The second-order valence-corrected chi connectivity index (χ2v) is 4.03. The van der Waals surface area contributed by atoms with Gasteiger partial charge in [-0.3, -0.25) is 14.9 Å². The lowest BCUT2D eigenvalue weighted by Crippen LogP contribution is -2.19. The third-order valence-corrected chi connectivity index (χ3v) is 3.01. The SMILES string of the molecule is CNC(=O)CSc1ccc([N+](=O)[O-])cc1C#N. The molecular formula is C10H9N3O3S. The van der Waals surface area contributed by atoms with Gasteiger partial charge < -0.3 is 5.32 Å². The molecule has 0 aromatic heterocycles. The van der Waals surface area contributed by atoms with Crippen LogP contribution in [0, 0.1) is 21.4 Å². The average molecular weight is 251 g/mol. The second-order valence-electron chi connectivity index (χ2n) is 3.01. The van der Waals surface area contributed by atoms with Crippen LogP contribution in [0.2, 0.25) is 0 Å². The maximum absolute atomic E-state index is 11.0. The summed E-state index contributed by atoms with van der Waals surface area (Å²) < 4.78 is 0. The van der Waals surface area contributed by atoms with E-state index in [1.165, 1.54) is 37.0 Å². The molecule has 0 saturated heterocycles. The quantitative estimate of drug-likeness (QED) is 0.494. The fourth-order valence-corrected chi connectivity index (χ4v) is 1.92. The molecule has 1 N–H and O–H groups in total. The molecule has 88 valence electrons. The molecule has 1 amide bonds. The average Bonchev–Trinajstić information content (AvgIpc) is 2.35. The number of amides is 1. The molecule has 0 unspecified atom stereocenters. The van der Waals surface area contributed by atoms with Crippen LogP contribution < -0.4 is 5.32 Å². The van der Waals surface area contributed by atoms with E-state index in [9.17, 15) is 14.9 Å². The molecule has 7 heteroatoms. The summed E-state index contributed by atoms with van der Waals surface area (Å²) in [6.45, 7) is 0. The van der Waals surface area contributed by atoms with E-state index in [1.807, 2.05) is 6.07 Å². The number of nitro benzene ring substituents is 1. The maximum Gasteiger partial charge on any atom is 0.270 e. The normalized spacial score (nSPS) is 9.41. The van der Waals surface area contributed by atoms with Crippen LogP contribution in [0.15, 0.2) is 23.1 Å². The highest BCUT2D eigenvalue weighted by Crippen LogP contribution is 2.25. The van der Waals surface area contributed by atoms with Crippen molar-refractivity contribution in [1.29, 1.82) is 5.26 Å². The van der Waals surface area contributed by atoms with E-state index >= 15 is 0 Å². The number of nitriles is 1. The minimum atomic E-state index is -0.561. The second kappa shape index (κ2) is 5.86. The highest BCUT2D eigenvalue weighted by molar-refractivity contribution is 8.00. The van der Waals surface area contributed by atoms with Crippen molar-refractivity contribution < 1.29 is 9.72 Å². The first kappa shape index (κ1) is 13.0. The van der Waals surface area contributed by atoms with Crippen molar-refractivity contribution in [1.82, 2.24) is 5.32 Å². The lowest BCUT2D eigenvalue weighted by molar-refractivity contribution is -0.384. The molecule has 0 radical (unpaired) electrons. The molecule has 0 fully saturated rings. The Hall–Kier alpha value is -2.07. The first-order valence-corrected chi connectivity index (χ1v) is 5.59. The first-order valence-electron chi connectivity index (χ1n) is 4.60. The van der Waals surface area contributed by atoms with Crippen molar-refractivity contribution in [3.05, 3.63) is 33.9 Å². The van der Waals surface area contributed by atoms with Crippen molar-refractivity contribution in [2.24, 2.45) is 0 Å². The lowest BCUT2D eigenvalue weighted by atomic mass is 10.2. The minimum absolute atomic E-state index is 0.133. The smallest absolute Gasteiger partial charge is 0.270 e. The van der Waals surface area contributed by atoms with Crippen LogP contribution in [-0.2, 0) is 4.79 Å². The molecule has 0 bridgehead atoms. The molecular weight excluding hydrogens is 242 g/mol. The highest BCUT2D eigenvalue weighted by Gasteiger charge is 2.11. The summed E-state index contributed by atoms with van der Waals surface area (Å²) in [5.74, 6) is 0.000414. The summed E-state index contributed by atoms with van der Waals surface area (Å²) in [4.78, 5) is 21.6. The van der Waals surface area contributed by atoms with Crippen LogP contribution >= 0.6 is 11.8 Å². The molecule has 0 heterocycles. The molecule has 0 aliphatic heterocycles. The molecule has 0 saturated carbocycles. The molecule has 0 aliphatic carbocycles. The van der Waals surface area contributed by atoms with E-state index in [-0.39, 0.29) is 22.9 Å². The largest absolute Gasteiger partial charge is 0.358 e. The molecule has 1 aromatic carbocycles. The van der Waals surface area contributed by atoms with Gasteiger partial charge in [0.15, 0.2) is 0 Å². The number of hydrogen-bond donors (Lipinski definition) is 1. The van der Waals surface area contributed by atoms with Gasteiger partial charge in [-0.05, 0) is 6.07 Å². The zero-order valence-corrected chi connectivity index (χ0v) is 9.78. The van der Waals surface area contributed by atoms with Crippen molar-refractivity contribution >= 4 is 23.4 Å². The fraction of sp³-hybridized carbons (Fsp3) is 0.200. The van der Waals surface area contributed by atoms with Gasteiger partial charge >= 0.3 is 0 Å². The van der Waals surface area contributed by atoms with E-state index in [0.717, 1.165) is 0 Å². The summed E-state index contributed by atoms with van der Waals surface area (Å²) in [7, 11) is 1.52. The number of benzene rings is 1. The van der Waals surface area contributed by atoms with Crippen LogP contribution in [0.5, 0.6) is 0 Å². The number of nitrogens with zero attached hydrogens (tertiary/aromatic N) is 2. The number of nitrogens with one attached hydrogen (secondary N) is 1. The van der Waals surface area contributed by atoms with Crippen molar-refractivity contribution in [2.45, 2.75) is 4.90 Å². The third-order valence-electron chi connectivity index (χ3n) is 1.93. The summed E-state index contributed by atoms with van der Waals surface area (Å²) in [5.41, 5.74) is 0.0685. The third kappa shape index (κ3) is 3.46. The van der Waals surface area contributed by atoms with Gasteiger partial charge in [-0.25, -0.2) is 0 Å². The standard InChI is InChI=1S/C10H9N3O3S/c1-12-10(14)6-17-9-3-2-8(13(15)16)4-7(9)5-11/h2-4H,6H2,1H3,(H,12,14). The van der Waals surface area contributed by atoms with E-state index < -0.39 is 4.92 Å². The van der Waals surface area contributed by atoms with E-state index in [4.69, 9.17) is 5.26 Å². The van der Waals surface area contributed by atoms with Crippen molar-refractivity contribution in [2.75, 3.05) is 12.8 Å². The Morgan fingerprint density at radius 3 is 2.88 bits per heavy atom. The summed E-state index contributed by atoms with van der Waals surface area (Å²) in [6.07, 6.45) is 0. The van der Waals surface area contributed by atoms with Crippen LogP contribution in [-0.4, -0.2) is 23.6 Å². The highest BCUT2D eigenvalue weighted by atomic mass is 32.2. The lowest BCUT2D eigenvalue weighted by Gasteiger charge is -2.02. The molecule has 17 heavy (non-hydrogen) atoms. The molecule has 0 atom stereocenters. The van der Waals surface area contributed by atoms with Gasteiger partial charge in [0, 0.05) is 24.1 Å². The van der Waals surface area contributed by atoms with Gasteiger partial charge in [0.2, 0.25) is 5.91 Å². The van der Waals surface area contributed by atoms with Gasteiger partial charge in [0.25, 0.3) is 5.69 Å². The molecule has 6 nitrogen and oxygen atoms in total. The van der Waals surface area contributed by atoms with Gasteiger partial charge in [-0.2, -0.15) is 5.26 Å². The van der Waals surface area contributed by atoms with Gasteiger partial charge in [-0.1, -0.05) is 0 Å². The summed E-state index contributed by atoms with van der Waals surface area (Å²) in [5, 5.41) is 21.8. The molecule has 1 rings (SSSR count). The van der Waals surface area contributed by atoms with Crippen LogP contribution in [0.3, 0.4) is 0 Å². The van der Waals surface area contributed by atoms with Gasteiger partial charge in [0.05, 0.1) is 16.2 Å². The Bertz CT molecular complexity index is 496. The Balaban J connectivity index is 2.90. The van der Waals surface area contributed by atoms with Crippen molar-refractivity contribution in [3.63, 3.8) is 0 Å². The maximum atomic E-state index is 11.0. The van der Waals surface area contributed by atoms with Crippen LogP contribution in [0.25, 0.3) is 0 Å². The zero-order chi connectivity index (χ0) is 12.8. The Kier molecular flexibility index (Phi) is 4.48. The predicted molar refractivity (Wildman–Crippen MR) is 62.6 cm³/mol. The predicted octanol–water partition coefficient (Wildman–Crippen LogP) is 1.30. The number of non-ortho nitro benzene ring substituents is 1. The van der Waals surface area contributed by atoms with E-state index in [1.54, 1.807) is 0 Å². The molecule has 0 aliphatic rings. The van der Waals surface area contributed by atoms with E-state index in [0.29, 0.717) is 4.90 Å².